The van der Waals surface area contributed by atoms with E-state index >= 15 is 0 Å². The molecule has 0 bridgehead atoms. The van der Waals surface area contributed by atoms with Gasteiger partial charge in [0.1, 0.15) is 24.1 Å². The van der Waals surface area contributed by atoms with Crippen molar-refractivity contribution in [3.05, 3.63) is 120 Å². The first-order valence-corrected chi connectivity index (χ1v) is 15.7. The second-order valence-electron chi connectivity index (χ2n) is 10.2. The molecule has 4 aromatic carbocycles. The van der Waals surface area contributed by atoms with E-state index in [1.807, 2.05) is 68.4 Å². The topological polar surface area (TPSA) is 96.0 Å². The molecule has 0 spiro atoms. The molecule has 0 aliphatic heterocycles. The van der Waals surface area contributed by atoms with Crippen LogP contribution in [0.15, 0.2) is 114 Å². The minimum atomic E-state index is -4.15. The predicted octanol–water partition coefficient (Wildman–Crippen LogP) is 5.93. The van der Waals surface area contributed by atoms with Gasteiger partial charge in [-0.2, -0.15) is 0 Å². The summed E-state index contributed by atoms with van der Waals surface area (Å²) in [7, 11) is -4.15. The Morgan fingerprint density at radius 1 is 0.814 bits per heavy atom. The Bertz CT molecular complexity index is 1590. The summed E-state index contributed by atoms with van der Waals surface area (Å²) in [6, 6.07) is 30.6. The van der Waals surface area contributed by atoms with E-state index in [4.69, 9.17) is 4.74 Å². The number of carbonyl (C=O) groups is 2. The van der Waals surface area contributed by atoms with Crippen LogP contribution in [0.5, 0.6) is 11.5 Å². The van der Waals surface area contributed by atoms with Crippen LogP contribution >= 0.6 is 0 Å². The molecule has 0 heterocycles. The number of ether oxygens (including phenoxy) is 1. The summed E-state index contributed by atoms with van der Waals surface area (Å²) in [4.78, 5) is 28.5. The molecule has 0 aliphatic carbocycles. The molecule has 4 rings (SSSR count). The SMILES string of the molecule is CCCNC(=O)C(C)N(Cc1ccc(C)cc1)C(=O)CN(c1ccc(Oc2ccccc2)cc1)S(=O)(=O)c1ccccc1. The van der Waals surface area contributed by atoms with Crippen molar-refractivity contribution in [2.24, 2.45) is 0 Å². The fourth-order valence-corrected chi connectivity index (χ4v) is 5.86. The van der Waals surface area contributed by atoms with Crippen molar-refractivity contribution in [3.63, 3.8) is 0 Å². The van der Waals surface area contributed by atoms with Crippen LogP contribution in [0.3, 0.4) is 0 Å². The zero-order chi connectivity index (χ0) is 30.8. The molecule has 0 saturated carbocycles. The predicted molar refractivity (Wildman–Crippen MR) is 168 cm³/mol. The van der Waals surface area contributed by atoms with Gasteiger partial charge >= 0.3 is 0 Å². The Morgan fingerprint density at radius 3 is 2.00 bits per heavy atom. The number of anilines is 1. The number of hydrogen-bond acceptors (Lipinski definition) is 5. The lowest BCUT2D eigenvalue weighted by Crippen LogP contribution is -2.51. The number of nitrogens with zero attached hydrogens (tertiary/aromatic N) is 2. The maximum Gasteiger partial charge on any atom is 0.264 e. The third kappa shape index (κ3) is 8.23. The zero-order valence-corrected chi connectivity index (χ0v) is 25.5. The van der Waals surface area contributed by atoms with Crippen LogP contribution in [0.1, 0.15) is 31.4 Å². The molecule has 0 saturated heterocycles. The molecule has 0 aliphatic rings. The van der Waals surface area contributed by atoms with Crippen LogP contribution < -0.4 is 14.4 Å². The van der Waals surface area contributed by atoms with Gasteiger partial charge in [-0.1, -0.05) is 73.2 Å². The molecule has 1 atom stereocenters. The van der Waals surface area contributed by atoms with E-state index < -0.39 is 28.5 Å². The Labute approximate surface area is 254 Å². The van der Waals surface area contributed by atoms with E-state index in [1.54, 1.807) is 49.4 Å². The van der Waals surface area contributed by atoms with E-state index in [2.05, 4.69) is 5.32 Å². The number of benzene rings is 4. The smallest absolute Gasteiger partial charge is 0.264 e. The molecule has 43 heavy (non-hydrogen) atoms. The number of amides is 2. The molecule has 4 aromatic rings. The molecule has 8 nitrogen and oxygen atoms in total. The highest BCUT2D eigenvalue weighted by molar-refractivity contribution is 7.92. The van der Waals surface area contributed by atoms with Crippen LogP contribution in [0.4, 0.5) is 5.69 Å². The first kappa shape index (κ1) is 31.3. The van der Waals surface area contributed by atoms with Gasteiger partial charge in [0.05, 0.1) is 10.6 Å². The van der Waals surface area contributed by atoms with Gasteiger partial charge in [0, 0.05) is 13.1 Å². The van der Waals surface area contributed by atoms with Gasteiger partial charge in [-0.25, -0.2) is 8.42 Å². The molecule has 0 aromatic heterocycles. The van der Waals surface area contributed by atoms with Gasteiger partial charge in [-0.05, 0) is 74.4 Å². The standard InChI is InChI=1S/C34H37N3O5S/c1-4-23-35-34(39)27(3)36(24-28-17-15-26(2)16-18-28)33(38)25-37(43(40,41)32-13-9-6-10-14-32)29-19-21-31(22-20-29)42-30-11-7-5-8-12-30/h5-22,27H,4,23-25H2,1-3H3,(H,35,39). The molecular formula is C34H37N3O5S. The van der Waals surface area contributed by atoms with Crippen LogP contribution in [-0.2, 0) is 26.2 Å². The summed E-state index contributed by atoms with van der Waals surface area (Å²) in [6.45, 7) is 5.68. The molecule has 0 fully saturated rings. The van der Waals surface area contributed by atoms with E-state index in [1.165, 1.54) is 17.0 Å². The Hall–Kier alpha value is -4.63. The van der Waals surface area contributed by atoms with E-state index in [-0.39, 0.29) is 23.0 Å². The van der Waals surface area contributed by atoms with Crippen molar-refractivity contribution in [1.82, 2.24) is 10.2 Å². The molecule has 0 radical (unpaired) electrons. The third-order valence-electron chi connectivity index (χ3n) is 6.90. The quantitative estimate of drug-likeness (QED) is 0.206. The summed E-state index contributed by atoms with van der Waals surface area (Å²) in [5.74, 6) is 0.341. The number of hydrogen-bond donors (Lipinski definition) is 1. The summed E-state index contributed by atoms with van der Waals surface area (Å²) in [6.07, 6.45) is 0.747. The number of sulfonamides is 1. The number of rotatable bonds is 13. The largest absolute Gasteiger partial charge is 0.457 e. The van der Waals surface area contributed by atoms with Crippen molar-refractivity contribution < 1.29 is 22.7 Å². The summed E-state index contributed by atoms with van der Waals surface area (Å²) in [5.41, 5.74) is 2.18. The molecule has 1 N–H and O–H groups in total. The van der Waals surface area contributed by atoms with Gasteiger partial charge in [-0.3, -0.25) is 13.9 Å². The lowest BCUT2D eigenvalue weighted by Gasteiger charge is -2.32. The average molecular weight is 600 g/mol. The highest BCUT2D eigenvalue weighted by Crippen LogP contribution is 2.28. The van der Waals surface area contributed by atoms with E-state index in [9.17, 15) is 18.0 Å². The number of aryl methyl sites for hydroxylation is 1. The summed E-state index contributed by atoms with van der Waals surface area (Å²) in [5, 5.41) is 2.85. The Balaban J connectivity index is 1.68. The van der Waals surface area contributed by atoms with Crippen molar-refractivity contribution in [2.75, 3.05) is 17.4 Å². The Kier molecular flexibility index (Phi) is 10.6. The summed E-state index contributed by atoms with van der Waals surface area (Å²) >= 11 is 0. The van der Waals surface area contributed by atoms with Gasteiger partial charge in [0.2, 0.25) is 11.8 Å². The maximum atomic E-state index is 14.0. The van der Waals surface area contributed by atoms with Crippen molar-refractivity contribution in [3.8, 4) is 11.5 Å². The fourth-order valence-electron chi connectivity index (χ4n) is 4.42. The third-order valence-corrected chi connectivity index (χ3v) is 8.69. The van der Waals surface area contributed by atoms with Gasteiger partial charge in [0.25, 0.3) is 10.0 Å². The lowest BCUT2D eigenvalue weighted by molar-refractivity contribution is -0.139. The second kappa shape index (κ2) is 14.5. The van der Waals surface area contributed by atoms with Crippen molar-refractivity contribution >= 4 is 27.5 Å². The van der Waals surface area contributed by atoms with E-state index in [0.29, 0.717) is 18.0 Å². The Morgan fingerprint density at radius 2 is 1.40 bits per heavy atom. The fraction of sp³-hybridized carbons (Fsp3) is 0.235. The maximum absolute atomic E-state index is 14.0. The number of para-hydroxylation sites is 1. The van der Waals surface area contributed by atoms with Gasteiger partial charge < -0.3 is 15.0 Å². The van der Waals surface area contributed by atoms with Crippen LogP contribution in [0, 0.1) is 6.92 Å². The van der Waals surface area contributed by atoms with E-state index in [0.717, 1.165) is 21.9 Å². The lowest BCUT2D eigenvalue weighted by atomic mass is 10.1. The highest BCUT2D eigenvalue weighted by atomic mass is 32.2. The van der Waals surface area contributed by atoms with Gasteiger partial charge in [0.15, 0.2) is 0 Å². The first-order valence-electron chi connectivity index (χ1n) is 14.2. The second-order valence-corrected chi connectivity index (χ2v) is 12.1. The monoisotopic (exact) mass is 599 g/mol. The van der Waals surface area contributed by atoms with Gasteiger partial charge in [-0.15, -0.1) is 0 Å². The van der Waals surface area contributed by atoms with Crippen LogP contribution in [0.2, 0.25) is 0 Å². The molecule has 9 heteroatoms. The molecule has 1 unspecified atom stereocenters. The molecule has 2 amide bonds. The minimum Gasteiger partial charge on any atom is -0.457 e. The van der Waals surface area contributed by atoms with Crippen LogP contribution in [0.25, 0.3) is 0 Å². The van der Waals surface area contributed by atoms with Crippen LogP contribution in [-0.4, -0.2) is 44.3 Å². The first-order chi connectivity index (χ1) is 20.7. The molecule has 224 valence electrons. The summed E-state index contributed by atoms with van der Waals surface area (Å²) < 4.78 is 34.9. The van der Waals surface area contributed by atoms with Crippen molar-refractivity contribution in [1.29, 1.82) is 0 Å². The highest BCUT2D eigenvalue weighted by Gasteiger charge is 2.32. The van der Waals surface area contributed by atoms with Crippen molar-refractivity contribution in [2.45, 2.75) is 44.7 Å². The number of carbonyl (C=O) groups excluding carboxylic acids is 2. The normalized spacial score (nSPS) is 11.8. The number of nitrogens with one attached hydrogen (secondary N) is 1. The molecular weight excluding hydrogens is 562 g/mol. The average Bonchev–Trinajstić information content (AvgIpc) is 3.03. The minimum absolute atomic E-state index is 0.0474. The zero-order valence-electron chi connectivity index (χ0n) is 24.6.